The van der Waals surface area contributed by atoms with Crippen LogP contribution in [0.25, 0.3) is 10.6 Å². The molecule has 0 unspecified atom stereocenters. The van der Waals surface area contributed by atoms with Crippen molar-refractivity contribution in [3.05, 3.63) is 46.7 Å². The quantitative estimate of drug-likeness (QED) is 0.700. The number of carbonyl (C=O) groups is 1. The Bertz CT molecular complexity index is 926. The minimum Gasteiger partial charge on any atom is -0.460 e. The van der Waals surface area contributed by atoms with Crippen LogP contribution in [0, 0.1) is 13.8 Å². The molecule has 146 valence electrons. The molecular formula is C20H22N4O3S. The lowest BCUT2D eigenvalue weighted by atomic mass is 9.93. The van der Waals surface area contributed by atoms with Gasteiger partial charge in [-0.05, 0) is 57.0 Å². The molecule has 1 aliphatic carbocycles. The molecule has 8 heteroatoms. The number of ether oxygens (including phenoxy) is 1. The second-order valence-electron chi connectivity index (χ2n) is 7.05. The first-order valence-electron chi connectivity index (χ1n) is 9.37. The number of rotatable bonds is 5. The first kappa shape index (κ1) is 18.6. The van der Waals surface area contributed by atoms with Crippen LogP contribution in [-0.4, -0.2) is 33.2 Å². The molecular weight excluding hydrogens is 376 g/mol. The van der Waals surface area contributed by atoms with Crippen molar-refractivity contribution in [3.8, 4) is 16.6 Å². The van der Waals surface area contributed by atoms with E-state index in [1.807, 2.05) is 37.4 Å². The van der Waals surface area contributed by atoms with Gasteiger partial charge in [0.05, 0.1) is 4.88 Å². The topological polar surface area (TPSA) is 90.1 Å². The minimum absolute atomic E-state index is 0.0758. The van der Waals surface area contributed by atoms with E-state index in [1.165, 1.54) is 0 Å². The third-order valence-corrected chi connectivity index (χ3v) is 5.63. The average molecular weight is 398 g/mol. The minimum atomic E-state index is -0.200. The first-order valence-corrected chi connectivity index (χ1v) is 10.2. The third-order valence-electron chi connectivity index (χ3n) is 4.75. The highest BCUT2D eigenvalue weighted by atomic mass is 32.1. The van der Waals surface area contributed by atoms with Gasteiger partial charge in [0.25, 0.3) is 5.91 Å². The van der Waals surface area contributed by atoms with E-state index in [9.17, 15) is 4.79 Å². The van der Waals surface area contributed by atoms with Crippen LogP contribution in [0.15, 0.2) is 34.2 Å². The van der Waals surface area contributed by atoms with Gasteiger partial charge in [0.1, 0.15) is 6.10 Å². The SMILES string of the molecule is Cc1cc(C)nc(OC2CCC(NC(=O)c3cc(-c4cccs4)on3)CC2)n1. The fourth-order valence-electron chi connectivity index (χ4n) is 3.40. The van der Waals surface area contributed by atoms with Gasteiger partial charge >= 0.3 is 6.01 Å². The van der Waals surface area contributed by atoms with Gasteiger partial charge < -0.3 is 14.6 Å². The zero-order valence-electron chi connectivity index (χ0n) is 15.8. The Balaban J connectivity index is 1.29. The molecule has 0 aliphatic heterocycles. The number of amides is 1. The predicted octanol–water partition coefficient (Wildman–Crippen LogP) is 3.93. The molecule has 0 atom stereocenters. The summed E-state index contributed by atoms with van der Waals surface area (Å²) in [5, 5.41) is 8.91. The molecule has 1 fully saturated rings. The number of thiophene rings is 1. The van der Waals surface area contributed by atoms with E-state index < -0.39 is 0 Å². The van der Waals surface area contributed by atoms with Crippen molar-refractivity contribution in [2.75, 3.05) is 0 Å². The van der Waals surface area contributed by atoms with Gasteiger partial charge in [-0.3, -0.25) is 4.79 Å². The van der Waals surface area contributed by atoms with Crippen LogP contribution in [0.5, 0.6) is 6.01 Å². The number of nitrogens with zero attached hydrogens (tertiary/aromatic N) is 3. The van der Waals surface area contributed by atoms with Crippen molar-refractivity contribution in [1.29, 1.82) is 0 Å². The molecule has 28 heavy (non-hydrogen) atoms. The van der Waals surface area contributed by atoms with Crippen molar-refractivity contribution in [3.63, 3.8) is 0 Å². The summed E-state index contributed by atoms with van der Waals surface area (Å²) < 4.78 is 11.2. The van der Waals surface area contributed by atoms with Crippen LogP contribution < -0.4 is 10.1 Å². The largest absolute Gasteiger partial charge is 0.460 e. The average Bonchev–Trinajstić information content (AvgIpc) is 3.34. The molecule has 4 rings (SSSR count). The van der Waals surface area contributed by atoms with Crippen LogP contribution in [0.1, 0.15) is 47.6 Å². The number of aryl methyl sites for hydroxylation is 2. The van der Waals surface area contributed by atoms with E-state index in [1.54, 1.807) is 17.4 Å². The van der Waals surface area contributed by atoms with E-state index in [-0.39, 0.29) is 18.1 Å². The van der Waals surface area contributed by atoms with Gasteiger partial charge in [-0.2, -0.15) is 0 Å². The van der Waals surface area contributed by atoms with Gasteiger partial charge in [0.2, 0.25) is 0 Å². The first-order chi connectivity index (χ1) is 13.6. The van der Waals surface area contributed by atoms with E-state index in [2.05, 4.69) is 20.4 Å². The standard InChI is InChI=1S/C20H22N4O3S/c1-12-10-13(2)22-20(21-12)26-15-7-5-14(6-8-15)23-19(25)16-11-17(27-24-16)18-4-3-9-28-18/h3-4,9-11,14-15H,5-8H2,1-2H3,(H,23,25). The second-order valence-corrected chi connectivity index (χ2v) is 8.00. The monoisotopic (exact) mass is 398 g/mol. The summed E-state index contributed by atoms with van der Waals surface area (Å²) in [5.41, 5.74) is 2.11. The lowest BCUT2D eigenvalue weighted by Gasteiger charge is -2.28. The highest BCUT2D eigenvalue weighted by molar-refractivity contribution is 7.13. The molecule has 7 nitrogen and oxygen atoms in total. The Kier molecular flexibility index (Phi) is 5.38. The summed E-state index contributed by atoms with van der Waals surface area (Å²) in [4.78, 5) is 22.1. The van der Waals surface area contributed by atoms with E-state index >= 15 is 0 Å². The second kappa shape index (κ2) is 8.10. The van der Waals surface area contributed by atoms with Crippen molar-refractivity contribution in [2.24, 2.45) is 0 Å². The summed E-state index contributed by atoms with van der Waals surface area (Å²) in [5.74, 6) is 0.416. The molecule has 0 bridgehead atoms. The number of carbonyl (C=O) groups excluding carboxylic acids is 1. The fraction of sp³-hybridized carbons (Fsp3) is 0.400. The molecule has 1 N–H and O–H groups in total. The maximum atomic E-state index is 12.5. The van der Waals surface area contributed by atoms with Crippen LogP contribution in [-0.2, 0) is 0 Å². The summed E-state index contributed by atoms with van der Waals surface area (Å²) in [6.07, 6.45) is 3.46. The molecule has 3 aromatic heterocycles. The lowest BCUT2D eigenvalue weighted by Crippen LogP contribution is -2.40. The molecule has 1 aliphatic rings. The third kappa shape index (κ3) is 4.39. The zero-order valence-corrected chi connectivity index (χ0v) is 16.7. The number of aromatic nitrogens is 3. The van der Waals surface area contributed by atoms with Crippen molar-refractivity contribution in [1.82, 2.24) is 20.4 Å². The fourth-order valence-corrected chi connectivity index (χ4v) is 4.07. The van der Waals surface area contributed by atoms with Crippen molar-refractivity contribution in [2.45, 2.75) is 51.7 Å². The summed E-state index contributed by atoms with van der Waals surface area (Å²) in [6.45, 7) is 3.86. The van der Waals surface area contributed by atoms with E-state index in [0.29, 0.717) is 17.5 Å². The predicted molar refractivity (Wildman–Crippen MR) is 105 cm³/mol. The molecule has 0 aromatic carbocycles. The van der Waals surface area contributed by atoms with Gasteiger partial charge in [0.15, 0.2) is 11.5 Å². The summed E-state index contributed by atoms with van der Waals surface area (Å²) in [6, 6.07) is 8.03. The Morgan fingerprint density at radius 1 is 1.18 bits per heavy atom. The molecule has 0 spiro atoms. The van der Waals surface area contributed by atoms with Crippen molar-refractivity contribution < 1.29 is 14.1 Å². The van der Waals surface area contributed by atoms with Crippen LogP contribution >= 0.6 is 11.3 Å². The molecule has 1 saturated carbocycles. The smallest absolute Gasteiger partial charge is 0.317 e. The van der Waals surface area contributed by atoms with Crippen LogP contribution in [0.2, 0.25) is 0 Å². The van der Waals surface area contributed by atoms with Gasteiger partial charge in [-0.25, -0.2) is 9.97 Å². The normalized spacial score (nSPS) is 19.4. The highest BCUT2D eigenvalue weighted by Crippen LogP contribution is 2.26. The van der Waals surface area contributed by atoms with Crippen molar-refractivity contribution >= 4 is 17.2 Å². The Morgan fingerprint density at radius 2 is 1.93 bits per heavy atom. The molecule has 1 amide bonds. The molecule has 0 saturated heterocycles. The lowest BCUT2D eigenvalue weighted by molar-refractivity contribution is 0.0876. The molecule has 3 heterocycles. The number of hydrogen-bond acceptors (Lipinski definition) is 7. The number of hydrogen-bond donors (Lipinski definition) is 1. The Morgan fingerprint density at radius 3 is 2.61 bits per heavy atom. The summed E-state index contributed by atoms with van der Waals surface area (Å²) >= 11 is 1.55. The molecule has 3 aromatic rings. The summed E-state index contributed by atoms with van der Waals surface area (Å²) in [7, 11) is 0. The van der Waals surface area contributed by atoms with Gasteiger partial charge in [0, 0.05) is 23.5 Å². The maximum Gasteiger partial charge on any atom is 0.317 e. The van der Waals surface area contributed by atoms with Gasteiger partial charge in [-0.15, -0.1) is 11.3 Å². The molecule has 0 radical (unpaired) electrons. The number of nitrogens with one attached hydrogen (secondary N) is 1. The van der Waals surface area contributed by atoms with Gasteiger partial charge in [-0.1, -0.05) is 11.2 Å². The van der Waals surface area contributed by atoms with E-state index in [0.717, 1.165) is 41.9 Å². The maximum absolute atomic E-state index is 12.5. The zero-order chi connectivity index (χ0) is 19.5. The van der Waals surface area contributed by atoms with E-state index in [4.69, 9.17) is 9.26 Å². The van der Waals surface area contributed by atoms with Crippen LogP contribution in [0.4, 0.5) is 0 Å². The Labute approximate surface area is 167 Å². The highest BCUT2D eigenvalue weighted by Gasteiger charge is 2.25. The van der Waals surface area contributed by atoms with Crippen LogP contribution in [0.3, 0.4) is 0 Å². The Hall–Kier alpha value is -2.74.